The summed E-state index contributed by atoms with van der Waals surface area (Å²) in [7, 11) is 0. The minimum absolute atomic E-state index is 0. The Kier molecular flexibility index (Phi) is 7.73. The molecule has 2 rings (SSSR count). The van der Waals surface area contributed by atoms with Crippen molar-refractivity contribution in [2.75, 3.05) is 13.1 Å². The van der Waals surface area contributed by atoms with E-state index in [0.29, 0.717) is 12.5 Å². The highest BCUT2D eigenvalue weighted by Crippen LogP contribution is 2.20. The molecule has 1 aliphatic carbocycles. The van der Waals surface area contributed by atoms with E-state index in [4.69, 9.17) is 0 Å². The lowest BCUT2D eigenvalue weighted by molar-refractivity contribution is -0.122. The van der Waals surface area contributed by atoms with Gasteiger partial charge in [-0.15, -0.1) is 12.4 Å². The van der Waals surface area contributed by atoms with Crippen molar-refractivity contribution in [1.29, 1.82) is 0 Å². The third kappa shape index (κ3) is 6.11. The Balaban J connectivity index is 0.00000180. The molecule has 1 amide bonds. The molecule has 1 saturated heterocycles. The number of carbonyl (C=O) groups is 1. The van der Waals surface area contributed by atoms with E-state index in [1.807, 2.05) is 0 Å². The molecule has 0 spiro atoms. The van der Waals surface area contributed by atoms with Gasteiger partial charge in [-0.2, -0.15) is 0 Å². The summed E-state index contributed by atoms with van der Waals surface area (Å²) in [5.41, 5.74) is 0. The maximum atomic E-state index is 11.8. The molecular formula is C14H27ClN2O2. The van der Waals surface area contributed by atoms with Crippen LogP contribution < -0.4 is 10.6 Å². The third-order valence-electron chi connectivity index (χ3n) is 4.30. The van der Waals surface area contributed by atoms with E-state index in [-0.39, 0.29) is 24.4 Å². The molecule has 0 bridgehead atoms. The van der Waals surface area contributed by atoms with Gasteiger partial charge in [-0.1, -0.05) is 0 Å². The van der Waals surface area contributed by atoms with Crippen molar-refractivity contribution in [3.8, 4) is 0 Å². The zero-order valence-corrected chi connectivity index (χ0v) is 12.4. The Morgan fingerprint density at radius 2 is 1.74 bits per heavy atom. The highest BCUT2D eigenvalue weighted by Gasteiger charge is 2.21. The van der Waals surface area contributed by atoms with Crippen LogP contribution in [0.2, 0.25) is 0 Å². The first-order chi connectivity index (χ1) is 8.74. The van der Waals surface area contributed by atoms with Crippen LogP contribution in [0.15, 0.2) is 0 Å². The molecule has 3 N–H and O–H groups in total. The third-order valence-corrected chi connectivity index (χ3v) is 4.30. The van der Waals surface area contributed by atoms with E-state index in [9.17, 15) is 9.90 Å². The number of halogens is 1. The van der Waals surface area contributed by atoms with E-state index < -0.39 is 0 Å². The van der Waals surface area contributed by atoms with Crippen LogP contribution in [-0.2, 0) is 4.79 Å². The maximum absolute atomic E-state index is 11.8. The molecular weight excluding hydrogens is 264 g/mol. The Hall–Kier alpha value is -0.320. The van der Waals surface area contributed by atoms with Gasteiger partial charge in [-0.3, -0.25) is 4.79 Å². The van der Waals surface area contributed by atoms with Crippen molar-refractivity contribution in [3.05, 3.63) is 0 Å². The molecule has 1 heterocycles. The number of hydrogen-bond donors (Lipinski definition) is 3. The first kappa shape index (κ1) is 16.7. The van der Waals surface area contributed by atoms with Gasteiger partial charge in [0.05, 0.1) is 6.10 Å². The molecule has 112 valence electrons. The van der Waals surface area contributed by atoms with Crippen LogP contribution in [0, 0.1) is 5.92 Å². The number of aliphatic hydroxyl groups excluding tert-OH is 1. The smallest absolute Gasteiger partial charge is 0.220 e. The Labute approximate surface area is 122 Å². The second kappa shape index (κ2) is 8.77. The summed E-state index contributed by atoms with van der Waals surface area (Å²) < 4.78 is 0. The van der Waals surface area contributed by atoms with Crippen LogP contribution in [0.4, 0.5) is 0 Å². The molecule has 1 aliphatic heterocycles. The van der Waals surface area contributed by atoms with E-state index >= 15 is 0 Å². The average Bonchev–Trinajstić information content (AvgIpc) is 2.40. The van der Waals surface area contributed by atoms with Crippen molar-refractivity contribution in [1.82, 2.24) is 10.6 Å². The van der Waals surface area contributed by atoms with Crippen LogP contribution in [0.3, 0.4) is 0 Å². The van der Waals surface area contributed by atoms with Gasteiger partial charge in [0.25, 0.3) is 0 Å². The minimum atomic E-state index is -0.145. The molecule has 0 aromatic carbocycles. The van der Waals surface area contributed by atoms with E-state index in [1.54, 1.807) is 0 Å². The zero-order valence-electron chi connectivity index (χ0n) is 11.6. The quantitative estimate of drug-likeness (QED) is 0.737. The minimum Gasteiger partial charge on any atom is -0.393 e. The fraction of sp³-hybridized carbons (Fsp3) is 0.929. The molecule has 5 heteroatoms. The standard InChI is InChI=1S/C14H26N2O2.ClH/c17-13-4-2-12(3-5-13)16-14(18)6-1-11-7-9-15-10-8-11;/h11-13,15,17H,1-10H2,(H,16,18);1H. The molecule has 4 nitrogen and oxygen atoms in total. The Bertz CT molecular complexity index is 262. The van der Waals surface area contributed by atoms with Gasteiger partial charge in [0.1, 0.15) is 0 Å². The lowest BCUT2D eigenvalue weighted by Crippen LogP contribution is -2.38. The molecule has 2 aliphatic rings. The number of amides is 1. The van der Waals surface area contributed by atoms with Crippen LogP contribution in [0.25, 0.3) is 0 Å². The molecule has 1 saturated carbocycles. The van der Waals surface area contributed by atoms with Gasteiger partial charge in [-0.05, 0) is 64.0 Å². The van der Waals surface area contributed by atoms with Crippen LogP contribution in [0.5, 0.6) is 0 Å². The molecule has 0 radical (unpaired) electrons. The fourth-order valence-corrected chi connectivity index (χ4v) is 3.03. The van der Waals surface area contributed by atoms with Gasteiger partial charge in [-0.25, -0.2) is 0 Å². The van der Waals surface area contributed by atoms with Gasteiger partial charge in [0.2, 0.25) is 5.91 Å². The molecule has 19 heavy (non-hydrogen) atoms. The zero-order chi connectivity index (χ0) is 12.8. The van der Waals surface area contributed by atoms with Crippen LogP contribution in [-0.4, -0.2) is 36.2 Å². The molecule has 2 fully saturated rings. The highest BCUT2D eigenvalue weighted by atomic mass is 35.5. The Morgan fingerprint density at radius 3 is 2.37 bits per heavy atom. The van der Waals surface area contributed by atoms with E-state index in [0.717, 1.165) is 51.1 Å². The van der Waals surface area contributed by atoms with Crippen molar-refractivity contribution in [2.45, 2.75) is 63.5 Å². The van der Waals surface area contributed by atoms with E-state index in [2.05, 4.69) is 10.6 Å². The first-order valence-electron chi connectivity index (χ1n) is 7.42. The predicted molar refractivity (Wildman–Crippen MR) is 78.5 cm³/mol. The van der Waals surface area contributed by atoms with Gasteiger partial charge < -0.3 is 15.7 Å². The molecule has 0 aromatic rings. The highest BCUT2D eigenvalue weighted by molar-refractivity contribution is 5.85. The summed E-state index contributed by atoms with van der Waals surface area (Å²) in [6.07, 6.45) is 7.50. The van der Waals surface area contributed by atoms with Crippen molar-refractivity contribution in [2.24, 2.45) is 5.92 Å². The summed E-state index contributed by atoms with van der Waals surface area (Å²) >= 11 is 0. The number of rotatable bonds is 4. The lowest BCUT2D eigenvalue weighted by Gasteiger charge is -2.27. The number of hydrogen-bond acceptors (Lipinski definition) is 3. The topological polar surface area (TPSA) is 61.4 Å². The summed E-state index contributed by atoms with van der Waals surface area (Å²) in [6, 6.07) is 0.300. The molecule has 0 atom stereocenters. The number of piperidine rings is 1. The van der Waals surface area contributed by atoms with Gasteiger partial charge in [0.15, 0.2) is 0 Å². The molecule has 0 aromatic heterocycles. The summed E-state index contributed by atoms with van der Waals surface area (Å²) in [5.74, 6) is 0.931. The number of nitrogens with one attached hydrogen (secondary N) is 2. The number of carbonyl (C=O) groups excluding carboxylic acids is 1. The number of aliphatic hydroxyl groups is 1. The van der Waals surface area contributed by atoms with Crippen molar-refractivity contribution < 1.29 is 9.90 Å². The lowest BCUT2D eigenvalue weighted by atomic mass is 9.91. The SMILES string of the molecule is Cl.O=C(CCC1CCNCC1)NC1CCC(O)CC1. The normalized spacial score (nSPS) is 28.5. The van der Waals surface area contributed by atoms with Crippen molar-refractivity contribution in [3.63, 3.8) is 0 Å². The average molecular weight is 291 g/mol. The van der Waals surface area contributed by atoms with Gasteiger partial charge in [0, 0.05) is 12.5 Å². The fourth-order valence-electron chi connectivity index (χ4n) is 3.03. The summed E-state index contributed by atoms with van der Waals surface area (Å²) in [4.78, 5) is 11.8. The summed E-state index contributed by atoms with van der Waals surface area (Å²) in [6.45, 7) is 2.21. The second-order valence-corrected chi connectivity index (χ2v) is 5.81. The monoisotopic (exact) mass is 290 g/mol. The summed E-state index contributed by atoms with van der Waals surface area (Å²) in [5, 5.41) is 15.9. The van der Waals surface area contributed by atoms with Gasteiger partial charge >= 0.3 is 0 Å². The first-order valence-corrected chi connectivity index (χ1v) is 7.42. The van der Waals surface area contributed by atoms with E-state index in [1.165, 1.54) is 12.8 Å². The van der Waals surface area contributed by atoms with Crippen molar-refractivity contribution >= 4 is 18.3 Å². The predicted octanol–water partition coefficient (Wildman–Crippen LogP) is 1.61. The Morgan fingerprint density at radius 1 is 1.11 bits per heavy atom. The second-order valence-electron chi connectivity index (χ2n) is 5.81. The largest absolute Gasteiger partial charge is 0.393 e. The molecule has 0 unspecified atom stereocenters. The van der Waals surface area contributed by atoms with Crippen LogP contribution in [0.1, 0.15) is 51.4 Å². The van der Waals surface area contributed by atoms with Crippen LogP contribution >= 0.6 is 12.4 Å². The maximum Gasteiger partial charge on any atom is 0.220 e.